The average Bonchev–Trinajstić information content (AvgIpc) is 3.20. The topological polar surface area (TPSA) is 290 Å². The number of rotatable bonds is 8. The molecule has 0 fully saturated rings. The van der Waals surface area contributed by atoms with E-state index in [0.717, 1.165) is 13.8 Å². The Morgan fingerprint density at radius 2 is 0.621 bits per heavy atom. The minimum Gasteiger partial charge on any atom is -0.857 e. The first kappa shape index (κ1) is 54.1. The van der Waals surface area contributed by atoms with Gasteiger partial charge in [0.2, 0.25) is 0 Å². The van der Waals surface area contributed by atoms with E-state index in [-0.39, 0.29) is 65.5 Å². The molecule has 0 saturated heterocycles. The molecule has 0 bridgehead atoms. The van der Waals surface area contributed by atoms with Gasteiger partial charge in [0.05, 0.1) is 22.8 Å². The Morgan fingerprint density at radius 1 is 0.397 bits per heavy atom. The van der Waals surface area contributed by atoms with Crippen LogP contribution in [-0.4, -0.2) is 66.0 Å². The third-order valence-corrected chi connectivity index (χ3v) is 6.15. The predicted molar refractivity (Wildman–Crippen MR) is 203 cm³/mol. The predicted octanol–water partition coefficient (Wildman–Crippen LogP) is -0.0698. The van der Waals surface area contributed by atoms with Crippen molar-refractivity contribution in [1.29, 1.82) is 0 Å². The first-order valence-corrected chi connectivity index (χ1v) is 15.9. The second kappa shape index (κ2) is 31.1. The van der Waals surface area contributed by atoms with Crippen LogP contribution in [0.2, 0.25) is 0 Å². The Balaban J connectivity index is 0. The van der Waals surface area contributed by atoms with Crippen LogP contribution in [0.15, 0.2) is 179 Å². The van der Waals surface area contributed by atoms with Crippen LogP contribution in [0.3, 0.4) is 0 Å². The molecule has 288 valence electrons. The summed E-state index contributed by atoms with van der Waals surface area (Å²) in [6.45, 7) is 1.94. The number of hydrogen-bond acceptors (Lipinski definition) is 14. The summed E-state index contributed by atoms with van der Waals surface area (Å²) in [6.07, 6.45) is 6.64. The van der Waals surface area contributed by atoms with Gasteiger partial charge in [0.15, 0.2) is 0 Å². The van der Waals surface area contributed by atoms with Gasteiger partial charge in [-0.15, -0.1) is 10.2 Å². The van der Waals surface area contributed by atoms with Gasteiger partial charge in [-0.3, -0.25) is 19.9 Å². The minimum absolute atomic E-state index is 0. The van der Waals surface area contributed by atoms with E-state index < -0.39 is 23.7 Å². The van der Waals surface area contributed by atoms with Gasteiger partial charge < -0.3 is 41.0 Å². The van der Waals surface area contributed by atoms with Crippen LogP contribution in [-0.2, 0) is 64.2 Å². The second-order valence-corrected chi connectivity index (χ2v) is 10.3. The Labute approximate surface area is 374 Å². The van der Waals surface area contributed by atoms with E-state index in [1.54, 1.807) is 97.6 Å². The molecule has 0 saturated carbocycles. The molecule has 58 heavy (non-hydrogen) atoms. The summed E-state index contributed by atoms with van der Waals surface area (Å²) < 4.78 is 0. The standard InChI is InChI=1S/2C18H14N4O.2C2H4O2.2Cd.2H2O/c2*23-18(14-8-2-1-3-9-14)22-21-17(15-10-4-6-12-19-15)16-11-5-7-13-20-16;2*1-2(3)4;;;;/h2*1-13H,(H,22,23);2*1H3,(H,3,4);;;2*1H2/q;;;;2*+2;;/p-4. The molecular weight excluding hydrogens is 945 g/mol. The number of benzene rings is 2. The van der Waals surface area contributed by atoms with Gasteiger partial charge in [-0.1, -0.05) is 84.9 Å². The van der Waals surface area contributed by atoms with E-state index in [4.69, 9.17) is 19.8 Å². The quantitative estimate of drug-likeness (QED) is 0.0847. The molecule has 6 rings (SSSR count). The molecule has 4 aromatic heterocycles. The number of carbonyl (C=O) groups is 2. The fraction of sp³-hybridized carbons (Fsp3) is 0.0500. The minimum atomic E-state index is -1.08. The Hall–Kier alpha value is -5.98. The maximum absolute atomic E-state index is 12.1. The van der Waals surface area contributed by atoms with Gasteiger partial charge >= 0.3 is 54.6 Å². The third kappa shape index (κ3) is 20.8. The van der Waals surface area contributed by atoms with Crippen LogP contribution in [0.1, 0.15) is 47.8 Å². The molecule has 2 aromatic carbocycles. The molecule has 0 spiro atoms. The summed E-state index contributed by atoms with van der Waals surface area (Å²) in [4.78, 5) is 34.8. The number of aliphatic carboxylic acids is 2. The summed E-state index contributed by atoms with van der Waals surface area (Å²) >= 11 is 0. The van der Waals surface area contributed by atoms with E-state index >= 15 is 0 Å². The molecular formula is C40H36Cd2N8O8. The molecule has 0 aliphatic carbocycles. The molecule has 4 N–H and O–H groups in total. The van der Waals surface area contributed by atoms with Crippen molar-refractivity contribution < 1.29 is 95.6 Å². The van der Waals surface area contributed by atoms with Crippen molar-refractivity contribution in [2.75, 3.05) is 0 Å². The van der Waals surface area contributed by atoms with Gasteiger partial charge in [-0.25, -0.2) is 0 Å². The SMILES string of the molecule is CC(=O)[O-].CC(=O)[O-].O.O.[Cd+2].[Cd+2].[O-]/C(=N\N=C(c1ccccn1)c1ccccn1)c1ccccc1.[O-]/C(=N\N=C(c1ccccn1)c1ccccn1)c1ccccc1. The van der Waals surface area contributed by atoms with Crippen LogP contribution in [0, 0.1) is 0 Å². The van der Waals surface area contributed by atoms with Crippen LogP contribution in [0.25, 0.3) is 0 Å². The fourth-order valence-corrected chi connectivity index (χ4v) is 3.95. The smallest absolute Gasteiger partial charge is 0.857 e. The molecule has 0 unspecified atom stereocenters. The van der Waals surface area contributed by atoms with E-state index in [1.807, 2.05) is 60.7 Å². The van der Waals surface area contributed by atoms with Gasteiger partial charge in [0, 0.05) is 48.5 Å². The Morgan fingerprint density at radius 3 is 0.828 bits per heavy atom. The molecule has 6 aromatic rings. The zero-order valence-corrected chi connectivity index (χ0v) is 39.5. The third-order valence-electron chi connectivity index (χ3n) is 6.15. The van der Waals surface area contributed by atoms with Crippen molar-refractivity contribution in [2.45, 2.75) is 13.8 Å². The first-order valence-electron chi connectivity index (χ1n) is 15.9. The summed E-state index contributed by atoms with van der Waals surface area (Å²) in [5.74, 6) is -2.98. The summed E-state index contributed by atoms with van der Waals surface area (Å²) in [7, 11) is 0. The van der Waals surface area contributed by atoms with E-state index in [9.17, 15) is 10.2 Å². The van der Waals surface area contributed by atoms with Crippen LogP contribution in [0.5, 0.6) is 0 Å². The largest absolute Gasteiger partial charge is 2.00 e. The van der Waals surface area contributed by atoms with Crippen molar-refractivity contribution in [3.63, 3.8) is 0 Å². The molecule has 16 nitrogen and oxygen atoms in total. The number of pyridine rings is 4. The number of hydrogen-bond donors (Lipinski definition) is 0. The maximum atomic E-state index is 12.1. The summed E-state index contributed by atoms with van der Waals surface area (Å²) in [6, 6.07) is 39.4. The van der Waals surface area contributed by atoms with Crippen molar-refractivity contribution >= 4 is 35.2 Å². The normalized spacial score (nSPS) is 9.62. The van der Waals surface area contributed by atoms with Crippen molar-refractivity contribution in [3.05, 3.63) is 192 Å². The zero-order valence-electron chi connectivity index (χ0n) is 31.5. The number of carbonyl (C=O) groups excluding carboxylic acids is 2. The van der Waals surface area contributed by atoms with Gasteiger partial charge in [-0.2, -0.15) is 10.2 Å². The molecule has 0 radical (unpaired) electrons. The van der Waals surface area contributed by atoms with E-state index in [0.29, 0.717) is 45.3 Å². The molecule has 18 heteroatoms. The number of nitrogens with zero attached hydrogens (tertiary/aromatic N) is 8. The van der Waals surface area contributed by atoms with Crippen LogP contribution >= 0.6 is 0 Å². The summed E-state index contributed by atoms with van der Waals surface area (Å²) in [5, 5.41) is 57.8. The number of carboxylic acid groups (broad SMARTS) is 2. The molecule has 0 aliphatic rings. The fourth-order valence-electron chi connectivity index (χ4n) is 3.95. The first-order chi connectivity index (χ1) is 26.2. The average molecular weight is 982 g/mol. The number of carboxylic acids is 2. The maximum Gasteiger partial charge on any atom is 2.00 e. The molecule has 0 atom stereocenters. The Bertz CT molecular complexity index is 1910. The molecule has 0 aliphatic heterocycles. The van der Waals surface area contributed by atoms with Crippen LogP contribution < -0.4 is 20.4 Å². The van der Waals surface area contributed by atoms with E-state index in [2.05, 4.69) is 40.3 Å². The van der Waals surface area contributed by atoms with Crippen LogP contribution in [0.4, 0.5) is 0 Å². The van der Waals surface area contributed by atoms with Gasteiger partial charge in [0.1, 0.15) is 11.4 Å². The monoisotopic (exact) mass is 984 g/mol. The molecule has 4 heterocycles. The van der Waals surface area contributed by atoms with E-state index in [1.165, 1.54) is 0 Å². The number of aromatic nitrogens is 4. The van der Waals surface area contributed by atoms with Gasteiger partial charge in [0.25, 0.3) is 0 Å². The Kier molecular flexibility index (Phi) is 29.1. The zero-order chi connectivity index (χ0) is 39.0. The van der Waals surface area contributed by atoms with Crippen molar-refractivity contribution in [1.82, 2.24) is 19.9 Å². The molecule has 0 amide bonds. The second-order valence-electron chi connectivity index (χ2n) is 10.3. The van der Waals surface area contributed by atoms with Gasteiger partial charge in [-0.05, 0) is 73.5 Å². The van der Waals surface area contributed by atoms with Crippen molar-refractivity contribution in [2.24, 2.45) is 20.4 Å². The summed E-state index contributed by atoms with van der Waals surface area (Å²) in [5.41, 5.74) is 4.31. The van der Waals surface area contributed by atoms with Crippen molar-refractivity contribution in [3.8, 4) is 0 Å².